The van der Waals surface area contributed by atoms with E-state index in [1.165, 1.54) is 0 Å². The summed E-state index contributed by atoms with van der Waals surface area (Å²) in [4.78, 5) is 8.38. The third kappa shape index (κ3) is 2.18. The van der Waals surface area contributed by atoms with Crippen molar-refractivity contribution in [1.29, 1.82) is 0 Å². The lowest BCUT2D eigenvalue weighted by Crippen LogP contribution is -2.06. The molecule has 0 atom stereocenters. The van der Waals surface area contributed by atoms with E-state index < -0.39 is 0 Å². The van der Waals surface area contributed by atoms with Crippen LogP contribution >= 0.6 is 0 Å². The maximum atomic E-state index is 5.98. The number of aryl methyl sites for hydroxylation is 2. The minimum Gasteiger partial charge on any atom is -0.496 e. The van der Waals surface area contributed by atoms with E-state index in [0.29, 0.717) is 5.95 Å². The van der Waals surface area contributed by atoms with Gasteiger partial charge in [-0.15, -0.1) is 0 Å². The Morgan fingerprint density at radius 2 is 2.10 bits per heavy atom. The van der Waals surface area contributed by atoms with E-state index in [2.05, 4.69) is 16.0 Å². The molecule has 1 aromatic carbocycles. The van der Waals surface area contributed by atoms with Gasteiger partial charge < -0.3 is 15.0 Å². The quantitative estimate of drug-likeness (QED) is 0.788. The topological polar surface area (TPSA) is 66.0 Å². The SMILES string of the molecule is COc1ccccc1CCn1c(N)nc2cnccc21. The Morgan fingerprint density at radius 1 is 1.25 bits per heavy atom. The van der Waals surface area contributed by atoms with Crippen molar-refractivity contribution in [2.75, 3.05) is 12.8 Å². The average molecular weight is 268 g/mol. The summed E-state index contributed by atoms with van der Waals surface area (Å²) < 4.78 is 7.37. The number of fused-ring (bicyclic) bond motifs is 1. The number of nitrogens with two attached hydrogens (primary N) is 1. The van der Waals surface area contributed by atoms with Gasteiger partial charge in [0.15, 0.2) is 0 Å². The van der Waals surface area contributed by atoms with Gasteiger partial charge in [0.25, 0.3) is 0 Å². The van der Waals surface area contributed by atoms with Crippen LogP contribution in [0.4, 0.5) is 5.95 Å². The van der Waals surface area contributed by atoms with Crippen LogP contribution in [0.15, 0.2) is 42.7 Å². The molecule has 0 unspecified atom stereocenters. The normalized spacial score (nSPS) is 10.8. The summed E-state index contributed by atoms with van der Waals surface area (Å²) in [5, 5.41) is 0. The Hall–Kier alpha value is -2.56. The molecule has 3 aromatic rings. The van der Waals surface area contributed by atoms with Crippen LogP contribution in [0.2, 0.25) is 0 Å². The van der Waals surface area contributed by atoms with E-state index in [1.807, 2.05) is 28.8 Å². The molecule has 0 bridgehead atoms. The van der Waals surface area contributed by atoms with Crippen molar-refractivity contribution in [3.05, 3.63) is 48.3 Å². The van der Waals surface area contributed by atoms with Crippen LogP contribution in [0.1, 0.15) is 5.56 Å². The third-order valence-corrected chi connectivity index (χ3v) is 3.38. The minimum absolute atomic E-state index is 0.517. The molecule has 20 heavy (non-hydrogen) atoms. The van der Waals surface area contributed by atoms with Crippen LogP contribution in [-0.4, -0.2) is 21.6 Å². The number of benzene rings is 1. The molecule has 5 heteroatoms. The highest BCUT2D eigenvalue weighted by Gasteiger charge is 2.09. The highest BCUT2D eigenvalue weighted by Crippen LogP contribution is 2.21. The molecule has 0 aliphatic rings. The predicted molar refractivity (Wildman–Crippen MR) is 78.6 cm³/mol. The maximum Gasteiger partial charge on any atom is 0.201 e. The van der Waals surface area contributed by atoms with E-state index in [9.17, 15) is 0 Å². The largest absolute Gasteiger partial charge is 0.496 e. The molecule has 2 N–H and O–H groups in total. The Kier molecular flexibility index (Phi) is 3.25. The summed E-state index contributed by atoms with van der Waals surface area (Å²) in [6.07, 6.45) is 4.32. The summed E-state index contributed by atoms with van der Waals surface area (Å²) in [5.74, 6) is 1.42. The van der Waals surface area contributed by atoms with Crippen LogP contribution in [0.3, 0.4) is 0 Å². The van der Waals surface area contributed by atoms with E-state index in [4.69, 9.17) is 10.5 Å². The molecular formula is C15H16N4O. The Morgan fingerprint density at radius 3 is 2.95 bits per heavy atom. The highest BCUT2D eigenvalue weighted by molar-refractivity contribution is 5.77. The van der Waals surface area contributed by atoms with Gasteiger partial charge in [0.2, 0.25) is 5.95 Å². The standard InChI is InChI=1S/C15H16N4O/c1-20-14-5-3-2-4-11(14)7-9-19-13-6-8-17-10-12(13)18-15(19)16/h2-6,8,10H,7,9H2,1H3,(H2,16,18). The van der Waals surface area contributed by atoms with Crippen LogP contribution in [0.25, 0.3) is 11.0 Å². The smallest absolute Gasteiger partial charge is 0.201 e. The van der Waals surface area contributed by atoms with Gasteiger partial charge in [-0.1, -0.05) is 18.2 Å². The van der Waals surface area contributed by atoms with Crippen LogP contribution < -0.4 is 10.5 Å². The number of hydrogen-bond donors (Lipinski definition) is 1. The highest BCUT2D eigenvalue weighted by atomic mass is 16.5. The van der Waals surface area contributed by atoms with Gasteiger partial charge >= 0.3 is 0 Å². The van der Waals surface area contributed by atoms with Crippen LogP contribution in [0, 0.1) is 0 Å². The number of pyridine rings is 1. The number of ether oxygens (including phenoxy) is 1. The number of para-hydroxylation sites is 1. The van der Waals surface area contributed by atoms with Crippen molar-refractivity contribution in [2.45, 2.75) is 13.0 Å². The molecule has 0 aliphatic heterocycles. The molecule has 3 rings (SSSR count). The Labute approximate surface area is 117 Å². The lowest BCUT2D eigenvalue weighted by Gasteiger charge is -2.10. The van der Waals surface area contributed by atoms with Crippen LogP contribution in [-0.2, 0) is 13.0 Å². The van der Waals surface area contributed by atoms with Crippen LogP contribution in [0.5, 0.6) is 5.75 Å². The first-order chi connectivity index (χ1) is 9.79. The number of nitrogens with zero attached hydrogens (tertiary/aromatic N) is 3. The summed E-state index contributed by atoms with van der Waals surface area (Å²) >= 11 is 0. The van der Waals surface area contributed by atoms with E-state index in [0.717, 1.165) is 35.3 Å². The molecule has 0 spiro atoms. The number of aromatic nitrogens is 3. The fraction of sp³-hybridized carbons (Fsp3) is 0.200. The van der Waals surface area contributed by atoms with Crippen molar-refractivity contribution in [2.24, 2.45) is 0 Å². The zero-order valence-corrected chi connectivity index (χ0v) is 11.3. The van der Waals surface area contributed by atoms with Gasteiger partial charge in [-0.25, -0.2) is 4.98 Å². The Balaban J connectivity index is 1.89. The van der Waals surface area contributed by atoms with Crippen molar-refractivity contribution in [3.8, 4) is 5.75 Å². The lowest BCUT2D eigenvalue weighted by molar-refractivity contribution is 0.408. The van der Waals surface area contributed by atoms with Gasteiger partial charge in [-0.2, -0.15) is 0 Å². The summed E-state index contributed by atoms with van der Waals surface area (Å²) in [6.45, 7) is 0.757. The van der Waals surface area contributed by atoms with E-state index >= 15 is 0 Å². The van der Waals surface area contributed by atoms with Crippen molar-refractivity contribution in [1.82, 2.24) is 14.5 Å². The van der Waals surface area contributed by atoms with E-state index in [-0.39, 0.29) is 0 Å². The van der Waals surface area contributed by atoms with Gasteiger partial charge in [0.05, 0.1) is 18.8 Å². The monoisotopic (exact) mass is 268 g/mol. The molecule has 0 radical (unpaired) electrons. The fourth-order valence-electron chi connectivity index (χ4n) is 2.38. The van der Waals surface area contributed by atoms with E-state index in [1.54, 1.807) is 19.5 Å². The maximum absolute atomic E-state index is 5.98. The second-order valence-corrected chi connectivity index (χ2v) is 4.55. The molecule has 0 saturated heterocycles. The summed E-state index contributed by atoms with van der Waals surface area (Å²) in [6, 6.07) is 9.94. The first-order valence-corrected chi connectivity index (χ1v) is 6.47. The first-order valence-electron chi connectivity index (χ1n) is 6.47. The molecular weight excluding hydrogens is 252 g/mol. The zero-order valence-electron chi connectivity index (χ0n) is 11.3. The third-order valence-electron chi connectivity index (χ3n) is 3.38. The van der Waals surface area contributed by atoms with Crippen molar-refractivity contribution < 1.29 is 4.74 Å². The van der Waals surface area contributed by atoms with Gasteiger partial charge in [-0.05, 0) is 24.1 Å². The molecule has 2 heterocycles. The van der Waals surface area contributed by atoms with Gasteiger partial charge in [-0.3, -0.25) is 4.98 Å². The van der Waals surface area contributed by atoms with Crippen molar-refractivity contribution >= 4 is 17.0 Å². The number of methoxy groups -OCH3 is 1. The number of hydrogen-bond acceptors (Lipinski definition) is 4. The second kappa shape index (κ2) is 5.21. The number of anilines is 1. The molecule has 0 saturated carbocycles. The molecule has 0 aliphatic carbocycles. The fourth-order valence-corrected chi connectivity index (χ4v) is 2.38. The molecule has 0 fully saturated rings. The van der Waals surface area contributed by atoms with Crippen molar-refractivity contribution in [3.63, 3.8) is 0 Å². The summed E-state index contributed by atoms with van der Waals surface area (Å²) in [7, 11) is 1.69. The predicted octanol–water partition coefficient (Wildman–Crippen LogP) is 2.26. The van der Waals surface area contributed by atoms with Gasteiger partial charge in [0, 0.05) is 12.7 Å². The average Bonchev–Trinajstić information content (AvgIpc) is 2.81. The number of nitrogen functional groups attached to an aromatic ring is 1. The lowest BCUT2D eigenvalue weighted by atomic mass is 10.1. The molecule has 5 nitrogen and oxygen atoms in total. The molecule has 2 aromatic heterocycles. The minimum atomic E-state index is 0.517. The second-order valence-electron chi connectivity index (χ2n) is 4.55. The zero-order chi connectivity index (χ0) is 13.9. The molecule has 102 valence electrons. The number of rotatable bonds is 4. The first kappa shape index (κ1) is 12.5. The molecule has 0 amide bonds. The van der Waals surface area contributed by atoms with Gasteiger partial charge in [0.1, 0.15) is 11.3 Å². The number of imidazole rings is 1. The Bertz CT molecular complexity index is 736. The summed E-state index contributed by atoms with van der Waals surface area (Å²) in [5.41, 5.74) is 8.97.